The SMILES string of the molecule is CCCOC(=O)Oc1ncc2[nH]c3ccc(C4CC=CCC4)cc3c2c1C. The maximum absolute atomic E-state index is 11.8. The molecule has 3 aromatic rings. The molecule has 0 bridgehead atoms. The number of ether oxygens (including phenoxy) is 2. The molecule has 0 saturated carbocycles. The van der Waals surface area contributed by atoms with Gasteiger partial charge in [-0.15, -0.1) is 0 Å². The van der Waals surface area contributed by atoms with Crippen LogP contribution < -0.4 is 4.74 Å². The molecule has 1 aromatic carbocycles. The number of pyridine rings is 1. The van der Waals surface area contributed by atoms with Crippen LogP contribution in [-0.4, -0.2) is 22.7 Å². The number of carbonyl (C=O) groups is 1. The number of fused-ring (bicyclic) bond motifs is 3. The fourth-order valence-electron chi connectivity index (χ4n) is 3.81. The summed E-state index contributed by atoms with van der Waals surface area (Å²) < 4.78 is 10.3. The number of hydrogen-bond acceptors (Lipinski definition) is 4. The molecular formula is C22H24N2O3. The summed E-state index contributed by atoms with van der Waals surface area (Å²) in [5, 5.41) is 2.19. The lowest BCUT2D eigenvalue weighted by Crippen LogP contribution is -2.12. The van der Waals surface area contributed by atoms with Crippen molar-refractivity contribution in [1.82, 2.24) is 9.97 Å². The molecule has 5 nitrogen and oxygen atoms in total. The van der Waals surface area contributed by atoms with E-state index in [1.807, 2.05) is 13.8 Å². The summed E-state index contributed by atoms with van der Waals surface area (Å²) in [6.45, 7) is 4.21. The molecule has 1 aliphatic carbocycles. The van der Waals surface area contributed by atoms with Crippen LogP contribution in [0.1, 0.15) is 49.7 Å². The van der Waals surface area contributed by atoms with E-state index >= 15 is 0 Å². The third-order valence-electron chi connectivity index (χ3n) is 5.20. The summed E-state index contributed by atoms with van der Waals surface area (Å²) in [5.41, 5.74) is 4.20. The van der Waals surface area contributed by atoms with Crippen LogP contribution >= 0.6 is 0 Å². The van der Waals surface area contributed by atoms with Crippen LogP contribution in [0.5, 0.6) is 5.88 Å². The van der Waals surface area contributed by atoms with E-state index < -0.39 is 6.16 Å². The van der Waals surface area contributed by atoms with E-state index in [0.29, 0.717) is 18.4 Å². The number of rotatable bonds is 4. The maximum atomic E-state index is 11.8. The average Bonchev–Trinajstić information content (AvgIpc) is 3.07. The lowest BCUT2D eigenvalue weighted by Gasteiger charge is -2.18. The summed E-state index contributed by atoms with van der Waals surface area (Å²) in [7, 11) is 0. The molecule has 140 valence electrons. The minimum Gasteiger partial charge on any atom is -0.434 e. The lowest BCUT2D eigenvalue weighted by molar-refractivity contribution is 0.0974. The minimum absolute atomic E-state index is 0.301. The first kappa shape index (κ1) is 17.6. The van der Waals surface area contributed by atoms with Crippen LogP contribution in [0.2, 0.25) is 0 Å². The molecule has 2 aromatic heterocycles. The van der Waals surface area contributed by atoms with E-state index in [-0.39, 0.29) is 0 Å². The van der Waals surface area contributed by atoms with Gasteiger partial charge in [-0.1, -0.05) is 25.1 Å². The minimum atomic E-state index is -0.707. The van der Waals surface area contributed by atoms with Crippen molar-refractivity contribution in [3.05, 3.63) is 47.7 Å². The summed E-state index contributed by atoms with van der Waals surface area (Å²) in [4.78, 5) is 19.5. The smallest absolute Gasteiger partial charge is 0.434 e. The fraction of sp³-hybridized carbons (Fsp3) is 0.364. The summed E-state index contributed by atoms with van der Waals surface area (Å²) in [6.07, 6.45) is 9.71. The van der Waals surface area contributed by atoms with Gasteiger partial charge in [-0.3, -0.25) is 0 Å². The third-order valence-corrected chi connectivity index (χ3v) is 5.20. The highest BCUT2D eigenvalue weighted by Gasteiger charge is 2.18. The van der Waals surface area contributed by atoms with Crippen molar-refractivity contribution < 1.29 is 14.3 Å². The molecule has 1 unspecified atom stereocenters. The summed E-state index contributed by atoms with van der Waals surface area (Å²) in [6, 6.07) is 6.62. The standard InChI is InChI=1S/C22H24N2O3/c1-3-11-26-22(25)27-21-14(2)20-17-12-16(15-7-5-4-6-8-15)9-10-18(17)24-19(20)13-23-21/h4-5,9-10,12-13,15,24H,3,6-8,11H2,1-2H3. The molecule has 0 saturated heterocycles. The van der Waals surface area contributed by atoms with Gasteiger partial charge in [-0.25, -0.2) is 9.78 Å². The van der Waals surface area contributed by atoms with Crippen molar-refractivity contribution in [2.75, 3.05) is 6.61 Å². The van der Waals surface area contributed by atoms with Gasteiger partial charge in [0.25, 0.3) is 0 Å². The van der Waals surface area contributed by atoms with E-state index in [0.717, 1.165) is 46.6 Å². The second kappa shape index (κ2) is 7.43. The van der Waals surface area contributed by atoms with E-state index in [2.05, 4.69) is 40.3 Å². The van der Waals surface area contributed by atoms with Gasteiger partial charge >= 0.3 is 6.16 Å². The second-order valence-corrected chi connectivity index (χ2v) is 7.09. The number of nitrogens with one attached hydrogen (secondary N) is 1. The molecule has 0 fully saturated rings. The van der Waals surface area contributed by atoms with E-state index in [4.69, 9.17) is 9.47 Å². The highest BCUT2D eigenvalue weighted by molar-refractivity contribution is 6.09. The van der Waals surface area contributed by atoms with Gasteiger partial charge in [0.15, 0.2) is 0 Å². The van der Waals surface area contributed by atoms with Crippen LogP contribution in [0.4, 0.5) is 4.79 Å². The maximum Gasteiger partial charge on any atom is 0.515 e. The molecule has 1 atom stereocenters. The van der Waals surface area contributed by atoms with Gasteiger partial charge in [0.1, 0.15) is 0 Å². The number of aromatic nitrogens is 2. The lowest BCUT2D eigenvalue weighted by atomic mass is 9.87. The van der Waals surface area contributed by atoms with Gasteiger partial charge in [0.2, 0.25) is 5.88 Å². The van der Waals surface area contributed by atoms with Crippen molar-refractivity contribution >= 4 is 28.0 Å². The van der Waals surface area contributed by atoms with Crippen LogP contribution in [0.15, 0.2) is 36.5 Å². The quantitative estimate of drug-likeness (QED) is 0.471. The van der Waals surface area contributed by atoms with Crippen molar-refractivity contribution in [2.45, 2.75) is 45.4 Å². The average molecular weight is 364 g/mol. The molecule has 1 aliphatic rings. The number of hydrogen-bond donors (Lipinski definition) is 1. The zero-order valence-electron chi connectivity index (χ0n) is 15.7. The van der Waals surface area contributed by atoms with Crippen molar-refractivity contribution in [1.29, 1.82) is 0 Å². The number of aryl methyl sites for hydroxylation is 1. The third kappa shape index (κ3) is 3.42. The molecule has 1 N–H and O–H groups in total. The van der Waals surface area contributed by atoms with Crippen LogP contribution in [-0.2, 0) is 4.74 Å². The number of H-pyrrole nitrogens is 1. The van der Waals surface area contributed by atoms with E-state index in [9.17, 15) is 4.79 Å². The monoisotopic (exact) mass is 364 g/mol. The number of nitrogens with zero attached hydrogens (tertiary/aromatic N) is 1. The predicted octanol–water partition coefficient (Wildman–Crippen LogP) is 5.77. The van der Waals surface area contributed by atoms with Crippen LogP contribution in [0.25, 0.3) is 21.8 Å². The van der Waals surface area contributed by atoms with Crippen molar-refractivity contribution in [3.63, 3.8) is 0 Å². The molecular weight excluding hydrogens is 340 g/mol. The normalized spacial score (nSPS) is 16.7. The Balaban J connectivity index is 1.74. The highest BCUT2D eigenvalue weighted by atomic mass is 16.7. The number of carbonyl (C=O) groups excluding carboxylic acids is 1. The zero-order chi connectivity index (χ0) is 18.8. The van der Waals surface area contributed by atoms with Gasteiger partial charge in [-0.2, -0.15) is 0 Å². The largest absolute Gasteiger partial charge is 0.515 e. The molecule has 0 aliphatic heterocycles. The molecule has 27 heavy (non-hydrogen) atoms. The molecule has 4 rings (SSSR count). The topological polar surface area (TPSA) is 64.2 Å². The molecule has 0 amide bonds. The molecule has 2 heterocycles. The molecule has 0 spiro atoms. The Hall–Kier alpha value is -2.82. The van der Waals surface area contributed by atoms with Crippen LogP contribution in [0, 0.1) is 6.92 Å². The van der Waals surface area contributed by atoms with Gasteiger partial charge < -0.3 is 14.5 Å². The van der Waals surface area contributed by atoms with Gasteiger partial charge in [0, 0.05) is 21.9 Å². The number of aromatic amines is 1. The Morgan fingerprint density at radius 1 is 1.30 bits per heavy atom. The first-order valence-corrected chi connectivity index (χ1v) is 9.58. The first-order valence-electron chi connectivity index (χ1n) is 9.58. The summed E-state index contributed by atoms with van der Waals surface area (Å²) >= 11 is 0. The number of benzene rings is 1. The Bertz CT molecular complexity index is 1020. The predicted molar refractivity (Wildman–Crippen MR) is 106 cm³/mol. The fourth-order valence-corrected chi connectivity index (χ4v) is 3.81. The number of allylic oxidation sites excluding steroid dienone is 2. The Kier molecular flexibility index (Phi) is 4.84. The Labute approximate surface area is 158 Å². The van der Waals surface area contributed by atoms with Crippen molar-refractivity contribution in [2.24, 2.45) is 0 Å². The molecule has 5 heteroatoms. The van der Waals surface area contributed by atoms with Crippen molar-refractivity contribution in [3.8, 4) is 5.88 Å². The molecule has 0 radical (unpaired) electrons. The summed E-state index contributed by atoms with van der Waals surface area (Å²) in [5.74, 6) is 0.863. The van der Waals surface area contributed by atoms with Gasteiger partial charge in [-0.05, 0) is 56.2 Å². The van der Waals surface area contributed by atoms with Crippen LogP contribution in [0.3, 0.4) is 0 Å². The van der Waals surface area contributed by atoms with E-state index in [1.165, 1.54) is 12.0 Å². The first-order chi connectivity index (χ1) is 13.2. The second-order valence-electron chi connectivity index (χ2n) is 7.09. The Morgan fingerprint density at radius 2 is 2.19 bits per heavy atom. The van der Waals surface area contributed by atoms with E-state index in [1.54, 1.807) is 6.20 Å². The van der Waals surface area contributed by atoms with Gasteiger partial charge in [0.05, 0.1) is 18.3 Å². The highest BCUT2D eigenvalue weighted by Crippen LogP contribution is 2.36. The Morgan fingerprint density at radius 3 is 2.96 bits per heavy atom. The zero-order valence-corrected chi connectivity index (χ0v) is 15.7.